The van der Waals surface area contributed by atoms with Gasteiger partial charge in [-0.2, -0.15) is 0 Å². The lowest BCUT2D eigenvalue weighted by Crippen LogP contribution is -2.45. The smallest absolute Gasteiger partial charge is 0.329 e. The Morgan fingerprint density at radius 2 is 1.66 bits per heavy atom. The van der Waals surface area contributed by atoms with Crippen molar-refractivity contribution in [1.29, 1.82) is 0 Å². The van der Waals surface area contributed by atoms with Crippen molar-refractivity contribution in [2.75, 3.05) is 12.4 Å². The molecule has 0 aromatic heterocycles. The average Bonchev–Trinajstić information content (AvgIpc) is 3.03. The van der Waals surface area contributed by atoms with Gasteiger partial charge in [0.2, 0.25) is 0 Å². The SMILES string of the molecule is COc1ccc([N+](=O)[O-])cc1NC(=O)[C@@H](C)OC(=O)[C@H](C)N1C(=O)c2ccccc2C1=O. The van der Waals surface area contributed by atoms with Crippen LogP contribution in [0, 0.1) is 10.1 Å². The predicted molar refractivity (Wildman–Crippen MR) is 110 cm³/mol. The molecule has 1 aliphatic rings. The molecule has 0 unspecified atom stereocenters. The van der Waals surface area contributed by atoms with Crippen molar-refractivity contribution in [3.63, 3.8) is 0 Å². The van der Waals surface area contributed by atoms with Gasteiger partial charge in [0.1, 0.15) is 11.8 Å². The summed E-state index contributed by atoms with van der Waals surface area (Å²) in [6.45, 7) is 2.60. The third kappa shape index (κ3) is 4.13. The zero-order valence-corrected chi connectivity index (χ0v) is 17.4. The van der Waals surface area contributed by atoms with Crippen LogP contribution in [0.2, 0.25) is 0 Å². The van der Waals surface area contributed by atoms with Gasteiger partial charge in [0.05, 0.1) is 28.8 Å². The summed E-state index contributed by atoms with van der Waals surface area (Å²) in [5.41, 5.74) is 0.106. The molecule has 1 aliphatic heterocycles. The summed E-state index contributed by atoms with van der Waals surface area (Å²) in [4.78, 5) is 61.2. The van der Waals surface area contributed by atoms with E-state index in [1.807, 2.05) is 0 Å². The molecule has 3 rings (SSSR count). The fraction of sp³-hybridized carbons (Fsp3) is 0.238. The van der Waals surface area contributed by atoms with Crippen LogP contribution < -0.4 is 10.1 Å². The first kappa shape index (κ1) is 22.4. The fourth-order valence-corrected chi connectivity index (χ4v) is 3.13. The molecule has 11 nitrogen and oxygen atoms in total. The van der Waals surface area contributed by atoms with E-state index in [-0.39, 0.29) is 28.3 Å². The lowest BCUT2D eigenvalue weighted by atomic mass is 10.1. The Morgan fingerprint density at radius 1 is 1.06 bits per heavy atom. The van der Waals surface area contributed by atoms with Crippen LogP contribution in [-0.2, 0) is 14.3 Å². The number of esters is 1. The van der Waals surface area contributed by atoms with Crippen molar-refractivity contribution in [2.24, 2.45) is 0 Å². The van der Waals surface area contributed by atoms with Gasteiger partial charge in [-0.3, -0.25) is 29.4 Å². The third-order valence-corrected chi connectivity index (χ3v) is 4.87. The molecule has 0 saturated carbocycles. The van der Waals surface area contributed by atoms with E-state index in [1.165, 1.54) is 45.2 Å². The van der Waals surface area contributed by atoms with Crippen molar-refractivity contribution in [3.05, 3.63) is 63.7 Å². The lowest BCUT2D eigenvalue weighted by molar-refractivity contribution is -0.384. The van der Waals surface area contributed by atoms with Crippen LogP contribution in [0.1, 0.15) is 34.6 Å². The number of nitro benzene ring substituents is 1. The molecule has 0 fully saturated rings. The number of rotatable bonds is 7. The van der Waals surface area contributed by atoms with Gasteiger partial charge in [-0.1, -0.05) is 12.1 Å². The Hall–Kier alpha value is -4.28. The first-order valence-electron chi connectivity index (χ1n) is 9.46. The van der Waals surface area contributed by atoms with Crippen molar-refractivity contribution >= 4 is 35.1 Å². The Labute approximate surface area is 182 Å². The molecular weight excluding hydrogens is 422 g/mol. The molecule has 1 N–H and O–H groups in total. The van der Waals surface area contributed by atoms with Crippen molar-refractivity contribution in [3.8, 4) is 5.75 Å². The molecule has 32 heavy (non-hydrogen) atoms. The first-order valence-corrected chi connectivity index (χ1v) is 9.46. The summed E-state index contributed by atoms with van der Waals surface area (Å²) in [7, 11) is 1.32. The molecule has 0 bridgehead atoms. The molecule has 2 aromatic rings. The highest BCUT2D eigenvalue weighted by Crippen LogP contribution is 2.29. The van der Waals surface area contributed by atoms with Gasteiger partial charge in [-0.15, -0.1) is 0 Å². The zero-order chi connectivity index (χ0) is 23.6. The second-order valence-electron chi connectivity index (χ2n) is 6.91. The summed E-state index contributed by atoms with van der Waals surface area (Å²) in [6, 6.07) is 8.52. The number of hydrogen-bond acceptors (Lipinski definition) is 8. The van der Waals surface area contributed by atoms with E-state index in [0.717, 1.165) is 11.0 Å². The highest BCUT2D eigenvalue weighted by Gasteiger charge is 2.41. The number of nitrogens with zero attached hydrogens (tertiary/aromatic N) is 2. The minimum absolute atomic E-state index is 0.0167. The Morgan fingerprint density at radius 3 is 2.19 bits per heavy atom. The lowest BCUT2D eigenvalue weighted by Gasteiger charge is -2.23. The number of carbonyl (C=O) groups is 4. The molecule has 3 amide bonds. The second kappa shape index (κ2) is 8.84. The van der Waals surface area contributed by atoms with Gasteiger partial charge >= 0.3 is 5.97 Å². The number of hydrogen-bond donors (Lipinski definition) is 1. The Bertz CT molecular complexity index is 1090. The van der Waals surface area contributed by atoms with Crippen LogP contribution in [0.15, 0.2) is 42.5 Å². The van der Waals surface area contributed by atoms with E-state index >= 15 is 0 Å². The number of ether oxygens (including phenoxy) is 2. The average molecular weight is 441 g/mol. The number of fused-ring (bicyclic) bond motifs is 1. The van der Waals surface area contributed by atoms with Crippen LogP contribution >= 0.6 is 0 Å². The molecule has 0 radical (unpaired) electrons. The number of imide groups is 1. The molecule has 166 valence electrons. The maximum Gasteiger partial charge on any atom is 0.329 e. The van der Waals surface area contributed by atoms with Crippen LogP contribution in [-0.4, -0.2) is 52.8 Å². The topological polar surface area (TPSA) is 145 Å². The highest BCUT2D eigenvalue weighted by atomic mass is 16.6. The number of nitrogens with one attached hydrogen (secondary N) is 1. The van der Waals surface area contributed by atoms with Crippen LogP contribution in [0.4, 0.5) is 11.4 Å². The number of nitro groups is 1. The molecule has 2 atom stereocenters. The summed E-state index contributed by atoms with van der Waals surface area (Å²) in [5.74, 6) is -2.84. The number of carbonyl (C=O) groups excluding carboxylic acids is 4. The summed E-state index contributed by atoms with van der Waals surface area (Å²) in [6.07, 6.45) is -1.33. The van der Waals surface area contributed by atoms with E-state index < -0.39 is 40.8 Å². The third-order valence-electron chi connectivity index (χ3n) is 4.87. The Balaban J connectivity index is 1.69. The largest absolute Gasteiger partial charge is 0.495 e. The molecule has 0 aliphatic carbocycles. The number of benzene rings is 2. The summed E-state index contributed by atoms with van der Waals surface area (Å²) >= 11 is 0. The van der Waals surface area contributed by atoms with E-state index in [2.05, 4.69) is 5.32 Å². The molecule has 1 heterocycles. The fourth-order valence-electron chi connectivity index (χ4n) is 3.13. The minimum Gasteiger partial charge on any atom is -0.495 e. The Kier molecular flexibility index (Phi) is 6.19. The number of anilines is 1. The van der Waals surface area contributed by atoms with E-state index in [9.17, 15) is 29.3 Å². The normalized spacial score (nSPS) is 14.4. The highest BCUT2D eigenvalue weighted by molar-refractivity contribution is 6.22. The summed E-state index contributed by atoms with van der Waals surface area (Å²) in [5, 5.41) is 13.4. The summed E-state index contributed by atoms with van der Waals surface area (Å²) < 4.78 is 10.2. The van der Waals surface area contributed by atoms with Crippen molar-refractivity contribution in [2.45, 2.75) is 26.0 Å². The quantitative estimate of drug-likeness (QED) is 0.298. The van der Waals surface area contributed by atoms with Gasteiger partial charge in [0, 0.05) is 12.1 Å². The maximum absolute atomic E-state index is 12.5. The standard InChI is InChI=1S/C21H19N3O8/c1-11(23-19(26)14-6-4-5-7-15(14)20(23)27)21(28)32-12(2)18(25)22-16-10-13(24(29)30)8-9-17(16)31-3/h4-12H,1-3H3,(H,22,25)/t11-,12+/m0/s1. The predicted octanol–water partition coefficient (Wildman–Crippen LogP) is 2.16. The van der Waals surface area contributed by atoms with Gasteiger partial charge in [0.15, 0.2) is 6.10 Å². The van der Waals surface area contributed by atoms with Gasteiger partial charge in [-0.05, 0) is 32.0 Å². The zero-order valence-electron chi connectivity index (χ0n) is 17.4. The van der Waals surface area contributed by atoms with Gasteiger partial charge < -0.3 is 14.8 Å². The van der Waals surface area contributed by atoms with Crippen LogP contribution in [0.25, 0.3) is 0 Å². The molecule has 0 spiro atoms. The number of methoxy groups -OCH3 is 1. The number of amides is 3. The van der Waals surface area contributed by atoms with E-state index in [4.69, 9.17) is 9.47 Å². The van der Waals surface area contributed by atoms with Gasteiger partial charge in [-0.25, -0.2) is 4.79 Å². The van der Waals surface area contributed by atoms with E-state index in [0.29, 0.717) is 0 Å². The van der Waals surface area contributed by atoms with Crippen LogP contribution in [0.5, 0.6) is 5.75 Å². The van der Waals surface area contributed by atoms with Crippen LogP contribution in [0.3, 0.4) is 0 Å². The monoisotopic (exact) mass is 441 g/mol. The molecule has 2 aromatic carbocycles. The van der Waals surface area contributed by atoms with Crippen molar-refractivity contribution < 1.29 is 33.6 Å². The number of non-ortho nitro benzene ring substituents is 1. The van der Waals surface area contributed by atoms with E-state index in [1.54, 1.807) is 12.1 Å². The first-order chi connectivity index (χ1) is 15.1. The molecule has 0 saturated heterocycles. The van der Waals surface area contributed by atoms with Gasteiger partial charge in [0.25, 0.3) is 23.4 Å². The second-order valence-corrected chi connectivity index (χ2v) is 6.91. The maximum atomic E-state index is 12.5. The van der Waals surface area contributed by atoms with Crippen molar-refractivity contribution in [1.82, 2.24) is 4.90 Å². The molecular formula is C21H19N3O8. The molecule has 11 heteroatoms. The minimum atomic E-state index is -1.33.